The molecule has 12 heteroatoms. The van der Waals surface area contributed by atoms with Gasteiger partial charge in [0.15, 0.2) is 0 Å². The van der Waals surface area contributed by atoms with Gasteiger partial charge < -0.3 is 24.8 Å². The van der Waals surface area contributed by atoms with Gasteiger partial charge in [-0.1, -0.05) is 0 Å². The molecule has 1 aliphatic rings. The van der Waals surface area contributed by atoms with Gasteiger partial charge in [0.25, 0.3) is 0 Å². The second-order valence-corrected chi connectivity index (χ2v) is 11.6. The fourth-order valence-corrected chi connectivity index (χ4v) is 5.20. The van der Waals surface area contributed by atoms with Crippen LogP contribution in [0.15, 0.2) is 30.5 Å². The molecular weight excluding hydrogens is 512 g/mol. The Morgan fingerprint density at radius 2 is 2.05 bits per heavy atom. The molecule has 0 saturated carbocycles. The first-order valence-electron chi connectivity index (χ1n) is 12.5. The number of amides is 1. The highest BCUT2D eigenvalue weighted by Crippen LogP contribution is 2.31. The molecule has 4 atom stereocenters. The second-order valence-electron chi connectivity index (χ2n) is 10.2. The van der Waals surface area contributed by atoms with Gasteiger partial charge in [0.1, 0.15) is 28.8 Å². The van der Waals surface area contributed by atoms with E-state index in [9.17, 15) is 19.1 Å². The second kappa shape index (κ2) is 12.7. The SMILES string of the molecule is CC(CNCCN(C)C(=O)OC(C)(C)C)Oc1ccc(F)cc1C(C)NC1C=Cn2ncc(C(=O)O)c2P1. The van der Waals surface area contributed by atoms with Crippen LogP contribution in [0.5, 0.6) is 5.75 Å². The number of hydrogen-bond acceptors (Lipinski definition) is 7. The van der Waals surface area contributed by atoms with Gasteiger partial charge in [0.2, 0.25) is 0 Å². The number of nitrogens with one attached hydrogen (secondary N) is 2. The Morgan fingerprint density at radius 1 is 1.32 bits per heavy atom. The smallest absolute Gasteiger partial charge is 0.410 e. The van der Waals surface area contributed by atoms with Gasteiger partial charge >= 0.3 is 12.1 Å². The predicted molar refractivity (Wildman–Crippen MR) is 146 cm³/mol. The minimum absolute atomic E-state index is 0.135. The van der Waals surface area contributed by atoms with Crippen LogP contribution in [0.1, 0.15) is 56.6 Å². The minimum Gasteiger partial charge on any atom is -0.489 e. The third kappa shape index (κ3) is 8.24. The monoisotopic (exact) mass is 549 g/mol. The molecule has 38 heavy (non-hydrogen) atoms. The molecule has 0 aliphatic carbocycles. The van der Waals surface area contributed by atoms with E-state index >= 15 is 0 Å². The Hall–Kier alpha value is -3.01. The van der Waals surface area contributed by atoms with Crippen molar-refractivity contribution in [2.45, 2.75) is 58.1 Å². The number of nitrogens with zero attached hydrogens (tertiary/aromatic N) is 3. The molecule has 2 heterocycles. The number of halogens is 1. The topological polar surface area (TPSA) is 118 Å². The molecule has 0 fully saturated rings. The number of hydrogen-bond donors (Lipinski definition) is 3. The Balaban J connectivity index is 1.54. The van der Waals surface area contributed by atoms with Gasteiger partial charge in [-0.25, -0.2) is 18.7 Å². The zero-order chi connectivity index (χ0) is 28.0. The third-order valence-corrected chi connectivity index (χ3v) is 7.14. The number of carboxylic acids is 1. The lowest BCUT2D eigenvalue weighted by atomic mass is 10.1. The lowest BCUT2D eigenvalue weighted by Gasteiger charge is -2.26. The van der Waals surface area contributed by atoms with Crippen LogP contribution in [0.4, 0.5) is 9.18 Å². The molecule has 208 valence electrons. The molecule has 1 aromatic carbocycles. The summed E-state index contributed by atoms with van der Waals surface area (Å²) < 4.78 is 27.2. The van der Waals surface area contributed by atoms with Crippen molar-refractivity contribution < 1.29 is 28.6 Å². The lowest BCUT2D eigenvalue weighted by molar-refractivity contribution is 0.0299. The fourth-order valence-electron chi connectivity index (χ4n) is 3.80. The standard InChI is InChI=1S/C26H37FN5O5P/c1-16(14-28-10-12-31(6)25(35)37-26(3,4)5)36-21-8-7-18(27)13-19(21)17(2)30-22-9-11-32-23(38-22)20(15-29-32)24(33)34/h7-9,11,13,15-17,22,28,30,38H,10,12,14H2,1-6H3,(H,33,34). The first-order valence-corrected chi connectivity index (χ1v) is 13.5. The molecule has 3 rings (SSSR count). The molecule has 1 amide bonds. The van der Waals surface area contributed by atoms with E-state index in [0.29, 0.717) is 36.4 Å². The summed E-state index contributed by atoms with van der Waals surface area (Å²) >= 11 is 0. The maximum atomic E-state index is 14.2. The van der Waals surface area contributed by atoms with Crippen LogP contribution in [-0.4, -0.2) is 76.0 Å². The normalized spacial score (nSPS) is 17.1. The summed E-state index contributed by atoms with van der Waals surface area (Å²) in [7, 11) is 1.83. The van der Waals surface area contributed by atoms with E-state index in [1.54, 1.807) is 24.0 Å². The lowest BCUT2D eigenvalue weighted by Crippen LogP contribution is -2.39. The minimum atomic E-state index is -1.01. The van der Waals surface area contributed by atoms with Crippen LogP contribution < -0.4 is 20.8 Å². The van der Waals surface area contributed by atoms with E-state index in [-0.39, 0.29) is 44.0 Å². The maximum absolute atomic E-state index is 14.2. The molecule has 10 nitrogen and oxygen atoms in total. The van der Waals surface area contributed by atoms with Crippen molar-refractivity contribution in [3.8, 4) is 5.75 Å². The van der Waals surface area contributed by atoms with Crippen molar-refractivity contribution >= 4 is 32.3 Å². The average molecular weight is 550 g/mol. The zero-order valence-corrected chi connectivity index (χ0v) is 23.6. The van der Waals surface area contributed by atoms with Crippen molar-refractivity contribution in [3.05, 3.63) is 47.4 Å². The van der Waals surface area contributed by atoms with Crippen molar-refractivity contribution in [1.29, 1.82) is 0 Å². The van der Waals surface area contributed by atoms with Crippen LogP contribution in [0.2, 0.25) is 0 Å². The highest BCUT2D eigenvalue weighted by Gasteiger charge is 2.24. The number of carboxylic acid groups (broad SMARTS) is 1. The van der Waals surface area contributed by atoms with E-state index in [1.165, 1.54) is 23.2 Å². The van der Waals surface area contributed by atoms with Gasteiger partial charge in [-0.15, -0.1) is 0 Å². The van der Waals surface area contributed by atoms with E-state index in [2.05, 4.69) is 15.7 Å². The average Bonchev–Trinajstić information content (AvgIpc) is 3.25. The highest BCUT2D eigenvalue weighted by molar-refractivity contribution is 7.48. The van der Waals surface area contributed by atoms with Crippen molar-refractivity contribution in [2.24, 2.45) is 0 Å². The number of carbonyl (C=O) groups is 2. The maximum Gasteiger partial charge on any atom is 0.410 e. The van der Waals surface area contributed by atoms with E-state index in [1.807, 2.05) is 40.7 Å². The molecule has 3 N–H and O–H groups in total. The Morgan fingerprint density at radius 3 is 2.74 bits per heavy atom. The number of ether oxygens (including phenoxy) is 2. The summed E-state index contributed by atoms with van der Waals surface area (Å²) in [5.41, 5.74) is 0.938. The fraction of sp³-hybridized carbons (Fsp3) is 0.500. The summed E-state index contributed by atoms with van der Waals surface area (Å²) in [5.74, 6) is -0.957. The van der Waals surface area contributed by atoms with Crippen molar-refractivity contribution in [1.82, 2.24) is 25.3 Å². The first kappa shape index (κ1) is 29.5. The molecule has 4 unspecified atom stereocenters. The van der Waals surface area contributed by atoms with Crippen LogP contribution in [0, 0.1) is 5.82 Å². The predicted octanol–water partition coefficient (Wildman–Crippen LogP) is 3.41. The number of fused-ring (bicyclic) bond motifs is 1. The Bertz CT molecular complexity index is 1170. The molecule has 0 bridgehead atoms. The number of benzene rings is 1. The molecule has 0 saturated heterocycles. The van der Waals surface area contributed by atoms with Gasteiger partial charge in [-0.3, -0.25) is 5.32 Å². The van der Waals surface area contributed by atoms with Gasteiger partial charge in [-0.05, 0) is 67.5 Å². The quantitative estimate of drug-likeness (QED) is 0.288. The number of rotatable bonds is 11. The molecule has 1 aliphatic heterocycles. The molecule has 2 aromatic rings. The van der Waals surface area contributed by atoms with E-state index in [0.717, 1.165) is 0 Å². The van der Waals surface area contributed by atoms with Crippen molar-refractivity contribution in [3.63, 3.8) is 0 Å². The van der Waals surface area contributed by atoms with Crippen LogP contribution in [0.25, 0.3) is 6.20 Å². The third-order valence-electron chi connectivity index (χ3n) is 5.69. The summed E-state index contributed by atoms with van der Waals surface area (Å²) in [4.78, 5) is 25.1. The summed E-state index contributed by atoms with van der Waals surface area (Å²) in [6, 6.07) is 4.16. The zero-order valence-electron chi connectivity index (χ0n) is 22.6. The molecular formula is C26H37FN5O5P. The summed E-state index contributed by atoms with van der Waals surface area (Å²) in [5, 5.41) is 20.2. The summed E-state index contributed by atoms with van der Waals surface area (Å²) in [6.45, 7) is 10.9. The van der Waals surface area contributed by atoms with Gasteiger partial charge in [0.05, 0.1) is 17.4 Å². The summed E-state index contributed by atoms with van der Waals surface area (Å²) in [6.07, 6.45) is 4.41. The van der Waals surface area contributed by atoms with Crippen LogP contribution in [0.3, 0.4) is 0 Å². The first-order chi connectivity index (χ1) is 17.8. The number of likely N-dealkylation sites (N-methyl/N-ethyl adjacent to an activating group) is 1. The van der Waals surface area contributed by atoms with Gasteiger partial charge in [-0.2, -0.15) is 5.10 Å². The number of aromatic carboxylic acids is 1. The largest absolute Gasteiger partial charge is 0.489 e. The Kier molecular flexibility index (Phi) is 9.87. The van der Waals surface area contributed by atoms with Crippen LogP contribution in [-0.2, 0) is 4.74 Å². The molecule has 0 spiro atoms. The number of carbonyl (C=O) groups excluding carboxylic acids is 1. The highest BCUT2D eigenvalue weighted by atomic mass is 31.1. The van der Waals surface area contributed by atoms with Gasteiger partial charge in [0, 0.05) is 44.5 Å². The molecule has 1 aromatic heterocycles. The van der Waals surface area contributed by atoms with E-state index < -0.39 is 11.6 Å². The Labute approximate surface area is 224 Å². The van der Waals surface area contributed by atoms with Crippen LogP contribution >= 0.6 is 8.58 Å². The number of aromatic nitrogens is 2. The van der Waals surface area contributed by atoms with Crippen molar-refractivity contribution in [2.75, 3.05) is 26.7 Å². The van der Waals surface area contributed by atoms with E-state index in [4.69, 9.17) is 9.47 Å². The molecule has 0 radical (unpaired) electrons.